The zero-order chi connectivity index (χ0) is 21.8. The maximum atomic E-state index is 8.82. The minimum Gasteiger partial charge on any atom is -0.398 e. The van der Waals surface area contributed by atoms with Gasteiger partial charge in [-0.2, -0.15) is 5.26 Å². The van der Waals surface area contributed by atoms with Gasteiger partial charge >= 0.3 is 0 Å². The van der Waals surface area contributed by atoms with E-state index in [1.54, 1.807) is 6.08 Å². The summed E-state index contributed by atoms with van der Waals surface area (Å²) in [6.45, 7) is 5.67. The van der Waals surface area contributed by atoms with Crippen molar-refractivity contribution >= 4 is 38.0 Å². The van der Waals surface area contributed by atoms with E-state index in [2.05, 4.69) is 73.3 Å². The van der Waals surface area contributed by atoms with Crippen molar-refractivity contribution in [1.82, 2.24) is 0 Å². The molecule has 0 bridgehead atoms. The Morgan fingerprint density at radius 2 is 1.45 bits per heavy atom. The van der Waals surface area contributed by atoms with Crippen molar-refractivity contribution in [2.24, 2.45) is 5.73 Å². The van der Waals surface area contributed by atoms with Crippen molar-refractivity contribution in [2.45, 2.75) is 13.3 Å². The predicted octanol–water partition coefficient (Wildman–Crippen LogP) is 7.42. The van der Waals surface area contributed by atoms with Gasteiger partial charge in [0.05, 0.1) is 6.07 Å². The molecular formula is C29H24N2. The molecule has 4 aromatic rings. The monoisotopic (exact) mass is 400 g/mol. The Balaban J connectivity index is 1.72. The van der Waals surface area contributed by atoms with Gasteiger partial charge in [0.1, 0.15) is 0 Å². The molecule has 0 atom stereocenters. The first-order valence-corrected chi connectivity index (χ1v) is 10.3. The molecule has 2 heteroatoms. The van der Waals surface area contributed by atoms with Crippen LogP contribution >= 0.6 is 0 Å². The molecule has 0 fully saturated rings. The fraction of sp³-hybridized carbons (Fsp3) is 0.0690. The van der Waals surface area contributed by atoms with Crippen LogP contribution in [0.25, 0.3) is 38.0 Å². The second-order valence-electron chi connectivity index (χ2n) is 7.73. The molecule has 0 saturated carbocycles. The Kier molecular flexibility index (Phi) is 5.69. The number of allylic oxidation sites excluding steroid dienone is 6. The lowest BCUT2D eigenvalue weighted by Crippen LogP contribution is -1.96. The molecule has 0 amide bonds. The molecular weight excluding hydrogens is 376 g/mol. The van der Waals surface area contributed by atoms with Crippen LogP contribution in [0, 0.1) is 11.3 Å². The first-order chi connectivity index (χ1) is 15.1. The van der Waals surface area contributed by atoms with E-state index >= 15 is 0 Å². The highest BCUT2D eigenvalue weighted by Gasteiger charge is 2.09. The van der Waals surface area contributed by atoms with E-state index in [-0.39, 0.29) is 0 Å². The number of nitrogens with zero attached hydrogens (tertiary/aromatic N) is 1. The summed E-state index contributed by atoms with van der Waals surface area (Å²) >= 11 is 0. The van der Waals surface area contributed by atoms with Gasteiger partial charge in [0.2, 0.25) is 0 Å². The highest BCUT2D eigenvalue weighted by Crippen LogP contribution is 2.35. The summed E-state index contributed by atoms with van der Waals surface area (Å²) in [4.78, 5) is 0. The number of rotatable bonds is 5. The Hall–Kier alpha value is -4.09. The van der Waals surface area contributed by atoms with Gasteiger partial charge in [-0.1, -0.05) is 85.0 Å². The molecule has 4 aromatic carbocycles. The van der Waals surface area contributed by atoms with E-state index in [0.29, 0.717) is 5.57 Å². The molecule has 0 spiro atoms. The molecule has 0 saturated heterocycles. The highest BCUT2D eigenvalue weighted by molar-refractivity contribution is 6.25. The molecule has 0 unspecified atom stereocenters. The Bertz CT molecular complexity index is 1410. The number of nitriles is 1. The molecule has 0 aliphatic carbocycles. The number of nitrogens with two attached hydrogens (primary N) is 1. The minimum atomic E-state index is 0.469. The van der Waals surface area contributed by atoms with Crippen LogP contribution in [0.2, 0.25) is 0 Å². The lowest BCUT2D eigenvalue weighted by atomic mass is 9.93. The fourth-order valence-electron chi connectivity index (χ4n) is 4.00. The molecule has 31 heavy (non-hydrogen) atoms. The van der Waals surface area contributed by atoms with Crippen LogP contribution in [0.1, 0.15) is 18.9 Å². The summed E-state index contributed by atoms with van der Waals surface area (Å²) in [5.41, 5.74) is 9.67. The highest BCUT2D eigenvalue weighted by atomic mass is 14.6. The van der Waals surface area contributed by atoms with Crippen molar-refractivity contribution in [1.29, 1.82) is 5.26 Å². The van der Waals surface area contributed by atoms with Gasteiger partial charge in [-0.25, -0.2) is 0 Å². The standard InChI is InChI=1S/C29H24N2/c1-20(17-21(2)19-30)9-3-8-14-29(31)22-15-16-27-25-12-5-4-10-23(25)24-11-6-7-13-26(24)28(27)18-22/h3-8,10-18H,2,9,31H2,1H3/b8-3-,20-17+,29-14-. The third-order valence-electron chi connectivity index (χ3n) is 5.49. The quantitative estimate of drug-likeness (QED) is 0.215. The van der Waals surface area contributed by atoms with Gasteiger partial charge in [0, 0.05) is 11.3 Å². The fourth-order valence-corrected chi connectivity index (χ4v) is 4.00. The van der Waals surface area contributed by atoms with Crippen molar-refractivity contribution in [2.75, 3.05) is 0 Å². The Labute approximate surface area is 182 Å². The van der Waals surface area contributed by atoms with Crippen LogP contribution in [0.5, 0.6) is 0 Å². The number of benzene rings is 4. The van der Waals surface area contributed by atoms with Crippen molar-refractivity contribution in [3.63, 3.8) is 0 Å². The second kappa shape index (κ2) is 8.73. The summed E-state index contributed by atoms with van der Waals surface area (Å²) in [5.74, 6) is 0. The lowest BCUT2D eigenvalue weighted by Gasteiger charge is -2.12. The maximum absolute atomic E-state index is 8.82. The van der Waals surface area contributed by atoms with E-state index in [9.17, 15) is 0 Å². The van der Waals surface area contributed by atoms with Crippen LogP contribution in [0.15, 0.2) is 109 Å². The SMILES string of the molecule is C=C(C#N)/C=C(\C)C/C=C\C=C(/N)c1ccc2c3ccccc3c3ccccc3c2c1. The third-order valence-corrected chi connectivity index (χ3v) is 5.49. The van der Waals surface area contributed by atoms with Gasteiger partial charge in [-0.3, -0.25) is 0 Å². The zero-order valence-electron chi connectivity index (χ0n) is 17.6. The summed E-state index contributed by atoms with van der Waals surface area (Å²) in [7, 11) is 0. The molecule has 0 aromatic heterocycles. The average Bonchev–Trinajstić information content (AvgIpc) is 2.81. The second-order valence-corrected chi connectivity index (χ2v) is 7.73. The van der Waals surface area contributed by atoms with Gasteiger partial charge in [-0.05, 0) is 69.4 Å². The van der Waals surface area contributed by atoms with Crippen LogP contribution in [0.4, 0.5) is 0 Å². The van der Waals surface area contributed by atoms with E-state index in [1.807, 2.05) is 31.2 Å². The van der Waals surface area contributed by atoms with Gasteiger partial charge in [0.25, 0.3) is 0 Å². The first kappa shape index (κ1) is 20.2. The largest absolute Gasteiger partial charge is 0.398 e. The van der Waals surface area contributed by atoms with E-state index < -0.39 is 0 Å². The van der Waals surface area contributed by atoms with Crippen molar-refractivity contribution in [3.05, 3.63) is 114 Å². The Morgan fingerprint density at radius 1 is 0.903 bits per heavy atom. The topological polar surface area (TPSA) is 49.8 Å². The minimum absolute atomic E-state index is 0.469. The van der Waals surface area contributed by atoms with Crippen LogP contribution in [-0.4, -0.2) is 0 Å². The van der Waals surface area contributed by atoms with E-state index in [4.69, 9.17) is 11.0 Å². The molecule has 0 aliphatic rings. The third kappa shape index (κ3) is 4.13. The summed E-state index contributed by atoms with van der Waals surface area (Å²) in [5, 5.41) is 16.3. The van der Waals surface area contributed by atoms with Crippen molar-refractivity contribution in [3.8, 4) is 6.07 Å². The summed E-state index contributed by atoms with van der Waals surface area (Å²) < 4.78 is 0. The summed E-state index contributed by atoms with van der Waals surface area (Å²) in [6.07, 6.45) is 8.48. The first-order valence-electron chi connectivity index (χ1n) is 10.3. The van der Waals surface area contributed by atoms with E-state index in [0.717, 1.165) is 23.3 Å². The number of hydrogen-bond donors (Lipinski definition) is 1. The predicted molar refractivity (Wildman–Crippen MR) is 133 cm³/mol. The summed E-state index contributed by atoms with van der Waals surface area (Å²) in [6, 6.07) is 25.6. The van der Waals surface area contributed by atoms with Crippen LogP contribution < -0.4 is 5.73 Å². The molecule has 0 heterocycles. The lowest BCUT2D eigenvalue weighted by molar-refractivity contribution is 1.21. The smallest absolute Gasteiger partial charge is 0.0985 e. The average molecular weight is 401 g/mol. The van der Waals surface area contributed by atoms with Gasteiger partial charge in [-0.15, -0.1) is 0 Å². The maximum Gasteiger partial charge on any atom is 0.0985 e. The Morgan fingerprint density at radius 3 is 2.03 bits per heavy atom. The molecule has 0 radical (unpaired) electrons. The molecule has 2 N–H and O–H groups in total. The van der Waals surface area contributed by atoms with Crippen LogP contribution in [-0.2, 0) is 0 Å². The zero-order valence-corrected chi connectivity index (χ0v) is 17.6. The van der Waals surface area contributed by atoms with Crippen LogP contribution in [0.3, 0.4) is 0 Å². The molecule has 2 nitrogen and oxygen atoms in total. The van der Waals surface area contributed by atoms with Gasteiger partial charge < -0.3 is 5.73 Å². The van der Waals surface area contributed by atoms with Gasteiger partial charge in [0.15, 0.2) is 0 Å². The molecule has 150 valence electrons. The van der Waals surface area contributed by atoms with E-state index in [1.165, 1.54) is 32.3 Å². The molecule has 4 rings (SSSR count). The van der Waals surface area contributed by atoms with Crippen molar-refractivity contribution < 1.29 is 0 Å². The molecule has 0 aliphatic heterocycles. The number of hydrogen-bond acceptors (Lipinski definition) is 2. The normalized spacial score (nSPS) is 12.6. The number of fused-ring (bicyclic) bond motifs is 6.